The lowest BCUT2D eigenvalue weighted by Crippen LogP contribution is -2.54. The third-order valence-electron chi connectivity index (χ3n) is 4.64. The van der Waals surface area contributed by atoms with Gasteiger partial charge in [0.1, 0.15) is 0 Å². The molecular formula is C14H28N2O. The van der Waals surface area contributed by atoms with E-state index in [2.05, 4.69) is 24.2 Å². The van der Waals surface area contributed by atoms with Gasteiger partial charge < -0.3 is 10.4 Å². The van der Waals surface area contributed by atoms with E-state index >= 15 is 0 Å². The van der Waals surface area contributed by atoms with E-state index in [1.165, 1.54) is 38.8 Å². The first-order chi connectivity index (χ1) is 8.22. The maximum Gasteiger partial charge on any atom is 0.0540 e. The van der Waals surface area contributed by atoms with Crippen LogP contribution in [-0.4, -0.2) is 48.3 Å². The third-order valence-corrected chi connectivity index (χ3v) is 4.64. The molecule has 0 amide bonds. The van der Waals surface area contributed by atoms with Gasteiger partial charge in [0.15, 0.2) is 0 Å². The summed E-state index contributed by atoms with van der Waals surface area (Å²) in [5.74, 6) is 0.678. The van der Waals surface area contributed by atoms with E-state index in [0.717, 1.165) is 18.9 Å². The molecule has 1 aliphatic carbocycles. The van der Waals surface area contributed by atoms with Crippen molar-refractivity contribution >= 4 is 0 Å². The Morgan fingerprint density at radius 3 is 2.65 bits per heavy atom. The molecule has 1 heterocycles. The SMILES string of the molecule is CCC(O)CC1CC(NC)CN(C2CCC2)C1. The molecule has 0 aromatic rings. The fourth-order valence-corrected chi connectivity index (χ4v) is 3.22. The van der Waals surface area contributed by atoms with E-state index in [0.29, 0.717) is 12.0 Å². The number of hydrogen-bond donors (Lipinski definition) is 2. The topological polar surface area (TPSA) is 35.5 Å². The molecule has 3 unspecified atom stereocenters. The van der Waals surface area contributed by atoms with Crippen LogP contribution in [0.25, 0.3) is 0 Å². The van der Waals surface area contributed by atoms with Gasteiger partial charge >= 0.3 is 0 Å². The largest absolute Gasteiger partial charge is 0.393 e. The summed E-state index contributed by atoms with van der Waals surface area (Å²) in [6, 6.07) is 1.46. The predicted octanol–water partition coefficient (Wildman–Crippen LogP) is 1.61. The van der Waals surface area contributed by atoms with Gasteiger partial charge in [-0.25, -0.2) is 0 Å². The van der Waals surface area contributed by atoms with Gasteiger partial charge in [-0.2, -0.15) is 0 Å². The fraction of sp³-hybridized carbons (Fsp3) is 1.00. The predicted molar refractivity (Wildman–Crippen MR) is 71.1 cm³/mol. The Morgan fingerprint density at radius 1 is 1.35 bits per heavy atom. The zero-order chi connectivity index (χ0) is 12.3. The standard InChI is InChI=1S/C14H28N2O/c1-3-14(17)8-11-7-12(15-2)10-16(9-11)13-5-4-6-13/h11-15,17H,3-10H2,1-2H3. The summed E-state index contributed by atoms with van der Waals surface area (Å²) in [4.78, 5) is 2.67. The minimum Gasteiger partial charge on any atom is -0.393 e. The van der Waals surface area contributed by atoms with Crippen molar-refractivity contribution in [3.63, 3.8) is 0 Å². The summed E-state index contributed by atoms with van der Waals surface area (Å²) in [6.07, 6.45) is 7.20. The van der Waals surface area contributed by atoms with Crippen LogP contribution >= 0.6 is 0 Å². The molecule has 3 nitrogen and oxygen atoms in total. The lowest BCUT2D eigenvalue weighted by Gasteiger charge is -2.45. The van der Waals surface area contributed by atoms with Gasteiger partial charge in [0.05, 0.1) is 6.10 Å². The van der Waals surface area contributed by atoms with Crippen molar-refractivity contribution in [3.8, 4) is 0 Å². The zero-order valence-electron chi connectivity index (χ0n) is 11.4. The smallest absolute Gasteiger partial charge is 0.0540 e. The average molecular weight is 240 g/mol. The highest BCUT2D eigenvalue weighted by molar-refractivity contribution is 4.90. The van der Waals surface area contributed by atoms with Crippen molar-refractivity contribution in [1.82, 2.24) is 10.2 Å². The van der Waals surface area contributed by atoms with Gasteiger partial charge in [-0.1, -0.05) is 13.3 Å². The maximum atomic E-state index is 9.83. The molecular weight excluding hydrogens is 212 g/mol. The molecule has 100 valence electrons. The van der Waals surface area contributed by atoms with Crippen molar-refractivity contribution in [3.05, 3.63) is 0 Å². The fourth-order valence-electron chi connectivity index (χ4n) is 3.22. The van der Waals surface area contributed by atoms with E-state index < -0.39 is 0 Å². The number of aliphatic hydroxyl groups is 1. The number of piperidine rings is 1. The number of rotatable bonds is 5. The van der Waals surface area contributed by atoms with Gasteiger partial charge in [-0.05, 0) is 45.1 Å². The van der Waals surface area contributed by atoms with Gasteiger partial charge in [-0.15, -0.1) is 0 Å². The number of nitrogens with one attached hydrogen (secondary N) is 1. The molecule has 3 heteroatoms. The summed E-state index contributed by atoms with van der Waals surface area (Å²) in [5, 5.41) is 13.3. The summed E-state index contributed by atoms with van der Waals surface area (Å²) in [7, 11) is 2.07. The summed E-state index contributed by atoms with van der Waals surface area (Å²) in [6.45, 7) is 4.49. The van der Waals surface area contributed by atoms with Crippen molar-refractivity contribution in [2.75, 3.05) is 20.1 Å². The van der Waals surface area contributed by atoms with E-state index in [1.807, 2.05) is 0 Å². The van der Waals surface area contributed by atoms with Crippen LogP contribution in [0.2, 0.25) is 0 Å². The van der Waals surface area contributed by atoms with Crippen LogP contribution in [0.3, 0.4) is 0 Å². The Morgan fingerprint density at radius 2 is 2.12 bits per heavy atom. The van der Waals surface area contributed by atoms with Crippen molar-refractivity contribution in [1.29, 1.82) is 0 Å². The van der Waals surface area contributed by atoms with E-state index in [9.17, 15) is 5.11 Å². The number of likely N-dealkylation sites (N-methyl/N-ethyl adjacent to an activating group) is 1. The van der Waals surface area contributed by atoms with E-state index in [-0.39, 0.29) is 6.10 Å². The quantitative estimate of drug-likeness (QED) is 0.766. The zero-order valence-corrected chi connectivity index (χ0v) is 11.4. The second-order valence-electron chi connectivity index (χ2n) is 5.92. The van der Waals surface area contributed by atoms with Crippen LogP contribution < -0.4 is 5.32 Å². The van der Waals surface area contributed by atoms with Crippen molar-refractivity contribution in [2.24, 2.45) is 5.92 Å². The minimum absolute atomic E-state index is 0.0983. The molecule has 1 saturated carbocycles. The van der Waals surface area contributed by atoms with Crippen LogP contribution in [0.1, 0.15) is 45.4 Å². The Hall–Kier alpha value is -0.120. The molecule has 0 aromatic heterocycles. The molecule has 0 radical (unpaired) electrons. The van der Waals surface area contributed by atoms with E-state index in [1.54, 1.807) is 0 Å². The first-order valence-corrected chi connectivity index (χ1v) is 7.32. The Labute approximate surface area is 106 Å². The number of likely N-dealkylation sites (tertiary alicyclic amines) is 1. The highest BCUT2D eigenvalue weighted by atomic mass is 16.3. The first-order valence-electron chi connectivity index (χ1n) is 7.32. The first kappa shape index (κ1) is 13.3. The van der Waals surface area contributed by atoms with Gasteiger partial charge in [-0.3, -0.25) is 4.90 Å². The van der Waals surface area contributed by atoms with Crippen LogP contribution in [0.4, 0.5) is 0 Å². The van der Waals surface area contributed by atoms with Crippen LogP contribution in [0.15, 0.2) is 0 Å². The Kier molecular flexibility index (Phi) is 4.83. The molecule has 2 rings (SSSR count). The van der Waals surface area contributed by atoms with Crippen LogP contribution in [0, 0.1) is 5.92 Å². The Balaban J connectivity index is 1.87. The van der Waals surface area contributed by atoms with E-state index in [4.69, 9.17) is 0 Å². The van der Waals surface area contributed by atoms with Gasteiger partial charge in [0.25, 0.3) is 0 Å². The molecule has 0 spiro atoms. The number of aliphatic hydroxyl groups excluding tert-OH is 1. The minimum atomic E-state index is -0.0983. The average Bonchev–Trinajstić information content (AvgIpc) is 2.26. The summed E-state index contributed by atoms with van der Waals surface area (Å²) >= 11 is 0. The molecule has 2 fully saturated rings. The Bertz CT molecular complexity index is 228. The van der Waals surface area contributed by atoms with Gasteiger partial charge in [0.2, 0.25) is 0 Å². The molecule has 1 saturated heterocycles. The van der Waals surface area contributed by atoms with Gasteiger partial charge in [0, 0.05) is 25.2 Å². The lowest BCUT2D eigenvalue weighted by molar-refractivity contribution is 0.0386. The van der Waals surface area contributed by atoms with Crippen LogP contribution in [0.5, 0.6) is 0 Å². The number of hydrogen-bond acceptors (Lipinski definition) is 3. The maximum absolute atomic E-state index is 9.83. The highest BCUT2D eigenvalue weighted by Gasteiger charge is 2.33. The normalized spacial score (nSPS) is 33.4. The molecule has 3 atom stereocenters. The molecule has 0 aromatic carbocycles. The van der Waals surface area contributed by atoms with Crippen LogP contribution in [-0.2, 0) is 0 Å². The molecule has 17 heavy (non-hydrogen) atoms. The third kappa shape index (κ3) is 3.43. The lowest BCUT2D eigenvalue weighted by atomic mass is 9.84. The molecule has 2 aliphatic rings. The summed E-state index contributed by atoms with van der Waals surface area (Å²) < 4.78 is 0. The molecule has 2 N–H and O–H groups in total. The molecule has 0 bridgehead atoms. The summed E-state index contributed by atoms with van der Waals surface area (Å²) in [5.41, 5.74) is 0. The second-order valence-corrected chi connectivity index (χ2v) is 5.92. The highest BCUT2D eigenvalue weighted by Crippen LogP contribution is 2.30. The monoisotopic (exact) mass is 240 g/mol. The van der Waals surface area contributed by atoms with Crippen molar-refractivity contribution < 1.29 is 5.11 Å². The second kappa shape index (κ2) is 6.17. The molecule has 1 aliphatic heterocycles. The number of nitrogens with zero attached hydrogens (tertiary/aromatic N) is 1. The van der Waals surface area contributed by atoms with Crippen molar-refractivity contribution in [2.45, 2.75) is 63.6 Å².